The fraction of sp³-hybridized carbons (Fsp3) is 0.647. The van der Waals surface area contributed by atoms with E-state index in [9.17, 15) is 0 Å². The second-order valence-corrected chi connectivity index (χ2v) is 5.58. The van der Waals surface area contributed by atoms with Gasteiger partial charge in [0.05, 0.1) is 0 Å². The highest BCUT2D eigenvalue weighted by molar-refractivity contribution is 5.31. The zero-order valence-electron chi connectivity index (χ0n) is 11.3. The summed E-state index contributed by atoms with van der Waals surface area (Å²) >= 11 is 0. The van der Waals surface area contributed by atoms with E-state index in [0.717, 1.165) is 18.3 Å². The van der Waals surface area contributed by atoms with Gasteiger partial charge in [-0.2, -0.15) is 0 Å². The zero-order chi connectivity index (χ0) is 12.1. The highest BCUT2D eigenvalue weighted by Crippen LogP contribution is 2.46. The van der Waals surface area contributed by atoms with Crippen LogP contribution < -0.4 is 0 Å². The Morgan fingerprint density at radius 1 is 1.24 bits per heavy atom. The minimum Gasteiger partial charge on any atom is -0.103 e. The van der Waals surface area contributed by atoms with Crippen molar-refractivity contribution in [1.82, 2.24) is 0 Å². The Morgan fingerprint density at radius 3 is 2.41 bits per heavy atom. The quantitative estimate of drug-likeness (QED) is 0.527. The Labute approximate surface area is 106 Å². The summed E-state index contributed by atoms with van der Waals surface area (Å²) in [6.07, 6.45) is 18.0. The molecule has 94 valence electrons. The fourth-order valence-electron chi connectivity index (χ4n) is 3.32. The van der Waals surface area contributed by atoms with Gasteiger partial charge in [0.2, 0.25) is 0 Å². The summed E-state index contributed by atoms with van der Waals surface area (Å²) in [5.41, 5.74) is 3.70. The van der Waals surface area contributed by atoms with Gasteiger partial charge in [-0.3, -0.25) is 0 Å². The predicted molar refractivity (Wildman–Crippen MR) is 76.0 cm³/mol. The van der Waals surface area contributed by atoms with Crippen LogP contribution in [0.4, 0.5) is 0 Å². The molecular weight excluding hydrogens is 204 g/mol. The first-order valence-electron chi connectivity index (χ1n) is 7.35. The van der Waals surface area contributed by atoms with Gasteiger partial charge in [0.1, 0.15) is 0 Å². The maximum atomic E-state index is 3.48. The molecule has 3 rings (SSSR count). The Kier molecular flexibility index (Phi) is 4.65. The molecule has 3 aliphatic rings. The first-order chi connectivity index (χ1) is 8.35. The second-order valence-electron chi connectivity index (χ2n) is 5.58. The topological polar surface area (TPSA) is 0 Å². The van der Waals surface area contributed by atoms with E-state index >= 15 is 0 Å². The molecule has 0 aromatic rings. The van der Waals surface area contributed by atoms with E-state index in [1.165, 1.54) is 44.9 Å². The summed E-state index contributed by atoms with van der Waals surface area (Å²) in [6, 6.07) is 0. The van der Waals surface area contributed by atoms with E-state index < -0.39 is 0 Å². The molecule has 0 saturated heterocycles. The van der Waals surface area contributed by atoms with Crippen LogP contribution in [0.2, 0.25) is 0 Å². The molecule has 0 N–H and O–H groups in total. The highest BCUT2D eigenvalue weighted by Gasteiger charge is 2.32. The van der Waals surface area contributed by atoms with Crippen LogP contribution in [0.5, 0.6) is 0 Å². The Hall–Kier alpha value is -0.780. The van der Waals surface area contributed by atoms with Crippen molar-refractivity contribution < 1.29 is 0 Å². The van der Waals surface area contributed by atoms with Crippen LogP contribution in [0.3, 0.4) is 0 Å². The van der Waals surface area contributed by atoms with E-state index in [0.29, 0.717) is 0 Å². The van der Waals surface area contributed by atoms with Gasteiger partial charge in [-0.05, 0) is 56.8 Å². The molecule has 0 nitrogen and oxygen atoms in total. The minimum atomic E-state index is 0.873. The van der Waals surface area contributed by atoms with Crippen molar-refractivity contribution in [3.05, 3.63) is 36.0 Å². The van der Waals surface area contributed by atoms with Crippen molar-refractivity contribution >= 4 is 0 Å². The molecule has 0 aromatic carbocycles. The lowest BCUT2D eigenvalue weighted by atomic mass is 9.86. The second kappa shape index (κ2) is 6.23. The van der Waals surface area contributed by atoms with Crippen molar-refractivity contribution in [3.8, 4) is 0 Å². The van der Waals surface area contributed by atoms with Gasteiger partial charge in [-0.1, -0.05) is 42.7 Å². The van der Waals surface area contributed by atoms with Crippen LogP contribution in [0.25, 0.3) is 0 Å². The minimum absolute atomic E-state index is 0.873. The Bertz CT molecular complexity index is 311. The predicted octanol–water partition coefficient (Wildman–Crippen LogP) is 5.43. The molecule has 0 radical (unpaired) electrons. The lowest BCUT2D eigenvalue weighted by molar-refractivity contribution is 0.584. The molecule has 0 spiro atoms. The van der Waals surface area contributed by atoms with Crippen molar-refractivity contribution in [1.29, 1.82) is 0 Å². The molecule has 3 aliphatic carbocycles. The molecule has 0 aromatic heterocycles. The van der Waals surface area contributed by atoms with E-state index in [1.807, 2.05) is 17.2 Å². The van der Waals surface area contributed by atoms with Gasteiger partial charge in [0.25, 0.3) is 0 Å². The molecule has 0 heteroatoms. The average molecular weight is 230 g/mol. The number of allylic oxidation sites excluding steroid dienone is 5. The molecule has 2 atom stereocenters. The first-order valence-corrected chi connectivity index (χ1v) is 7.35. The monoisotopic (exact) mass is 230 g/mol. The van der Waals surface area contributed by atoms with Crippen LogP contribution in [-0.4, -0.2) is 0 Å². The number of hydrogen-bond acceptors (Lipinski definition) is 0. The molecule has 0 heterocycles. The summed E-state index contributed by atoms with van der Waals surface area (Å²) in [6.45, 7) is 5.54. The third-order valence-electron chi connectivity index (χ3n) is 4.30. The van der Waals surface area contributed by atoms with E-state index in [4.69, 9.17) is 0 Å². The van der Waals surface area contributed by atoms with Gasteiger partial charge in [0.15, 0.2) is 0 Å². The molecular formula is C17H26. The van der Waals surface area contributed by atoms with Crippen LogP contribution in [0.15, 0.2) is 36.0 Å². The van der Waals surface area contributed by atoms with E-state index in [-0.39, 0.29) is 0 Å². The summed E-state index contributed by atoms with van der Waals surface area (Å²) in [7, 11) is 0. The standard InChI is InChI=1S/C13H18.C4H8/c1-2-4-11(5-3-1)13-9-10-6-7-12(13)8-10;1-3-4-2/h6-7,10,12H,1-5,8-9H2;3H,1,4H2,2H3. The van der Waals surface area contributed by atoms with Crippen molar-refractivity contribution in [2.75, 3.05) is 0 Å². The lowest BCUT2D eigenvalue weighted by Gasteiger charge is -2.20. The maximum Gasteiger partial charge on any atom is -0.00146 e. The summed E-state index contributed by atoms with van der Waals surface area (Å²) < 4.78 is 0. The van der Waals surface area contributed by atoms with Gasteiger partial charge in [0, 0.05) is 0 Å². The molecule has 2 bridgehead atoms. The summed E-state index contributed by atoms with van der Waals surface area (Å²) in [4.78, 5) is 0. The first kappa shape index (κ1) is 12.7. The smallest absolute Gasteiger partial charge is 0.00146 e. The lowest BCUT2D eigenvalue weighted by Crippen LogP contribution is -2.02. The zero-order valence-corrected chi connectivity index (χ0v) is 11.3. The number of rotatable bonds is 1. The maximum absolute atomic E-state index is 3.48. The number of fused-ring (bicyclic) bond motifs is 2. The summed E-state index contributed by atoms with van der Waals surface area (Å²) in [5.74, 6) is 1.80. The van der Waals surface area contributed by atoms with Crippen LogP contribution >= 0.6 is 0 Å². The largest absolute Gasteiger partial charge is 0.103 e. The molecule has 0 amide bonds. The molecule has 2 saturated carbocycles. The van der Waals surface area contributed by atoms with Gasteiger partial charge < -0.3 is 0 Å². The molecule has 2 fully saturated rings. The molecule has 0 aliphatic heterocycles. The van der Waals surface area contributed by atoms with Crippen molar-refractivity contribution in [2.45, 2.75) is 58.3 Å². The van der Waals surface area contributed by atoms with Gasteiger partial charge in [-0.15, -0.1) is 6.58 Å². The molecule has 2 unspecified atom stereocenters. The highest BCUT2D eigenvalue weighted by atomic mass is 14.4. The van der Waals surface area contributed by atoms with Crippen LogP contribution in [0.1, 0.15) is 58.3 Å². The van der Waals surface area contributed by atoms with Crippen molar-refractivity contribution in [2.24, 2.45) is 11.8 Å². The van der Waals surface area contributed by atoms with Crippen LogP contribution in [0, 0.1) is 11.8 Å². The van der Waals surface area contributed by atoms with Crippen molar-refractivity contribution in [3.63, 3.8) is 0 Å². The third-order valence-corrected chi connectivity index (χ3v) is 4.30. The van der Waals surface area contributed by atoms with Crippen LogP contribution in [-0.2, 0) is 0 Å². The van der Waals surface area contributed by atoms with E-state index in [2.05, 4.69) is 25.7 Å². The van der Waals surface area contributed by atoms with Gasteiger partial charge in [-0.25, -0.2) is 0 Å². The fourth-order valence-corrected chi connectivity index (χ4v) is 3.32. The normalized spacial score (nSPS) is 30.2. The Morgan fingerprint density at radius 2 is 1.94 bits per heavy atom. The van der Waals surface area contributed by atoms with E-state index in [1.54, 1.807) is 0 Å². The average Bonchev–Trinajstić information content (AvgIpc) is 3.02. The molecule has 17 heavy (non-hydrogen) atoms. The number of hydrogen-bond donors (Lipinski definition) is 0. The third kappa shape index (κ3) is 3.12. The SMILES string of the molecule is C1=CC2CC1CC2=C1CCCCC1.C=CCC. The summed E-state index contributed by atoms with van der Waals surface area (Å²) in [5, 5.41) is 0. The van der Waals surface area contributed by atoms with Gasteiger partial charge >= 0.3 is 0 Å². The Balaban J connectivity index is 0.000000239.